The molecule has 1 nitrogen and oxygen atoms in total. The van der Waals surface area contributed by atoms with E-state index in [1.54, 1.807) is 0 Å². The molecule has 0 bridgehead atoms. The van der Waals surface area contributed by atoms with Crippen molar-refractivity contribution in [3.05, 3.63) is 33.3 Å². The zero-order valence-corrected chi connectivity index (χ0v) is 9.78. The second kappa shape index (κ2) is 3.69. The largest absolute Gasteiger partial charge is 0.197 e. The summed E-state index contributed by atoms with van der Waals surface area (Å²) in [4.78, 5) is 0. The third kappa shape index (κ3) is 2.24. The lowest BCUT2D eigenvalue weighted by Crippen LogP contribution is -2.13. The molecule has 0 fully saturated rings. The number of rotatable bonds is 1. The van der Waals surface area contributed by atoms with Gasteiger partial charge in [-0.3, -0.25) is 0 Å². The second-order valence-corrected chi connectivity index (χ2v) is 4.63. The Morgan fingerprint density at radius 1 is 1.46 bits per heavy atom. The number of hydrogen-bond donors (Lipinski definition) is 0. The molecule has 1 aromatic rings. The second-order valence-electron chi connectivity index (χ2n) is 3.37. The molecule has 0 saturated heterocycles. The van der Waals surface area contributed by atoms with Gasteiger partial charge in [0.25, 0.3) is 0 Å². The Bertz CT molecular complexity index is 366. The van der Waals surface area contributed by atoms with Gasteiger partial charge in [0.05, 0.1) is 16.5 Å². The average molecular weight is 259 g/mol. The minimum atomic E-state index is -0.482. The van der Waals surface area contributed by atoms with Gasteiger partial charge in [-0.2, -0.15) is 5.26 Å². The summed E-state index contributed by atoms with van der Waals surface area (Å²) in [6.45, 7) is 3.74. The van der Waals surface area contributed by atoms with E-state index in [1.165, 1.54) is 0 Å². The maximum atomic E-state index is 8.90. The molecule has 68 valence electrons. The summed E-state index contributed by atoms with van der Waals surface area (Å²) >= 11 is 9.22. The van der Waals surface area contributed by atoms with Gasteiger partial charge in [0, 0.05) is 4.47 Å². The highest BCUT2D eigenvalue weighted by molar-refractivity contribution is 9.10. The lowest BCUT2D eigenvalue weighted by atomic mass is 9.86. The van der Waals surface area contributed by atoms with Crippen molar-refractivity contribution in [2.24, 2.45) is 0 Å². The van der Waals surface area contributed by atoms with Gasteiger partial charge in [0.1, 0.15) is 0 Å². The highest BCUT2D eigenvalue weighted by atomic mass is 79.9. The summed E-state index contributed by atoms with van der Waals surface area (Å²) in [5.74, 6) is 0. The summed E-state index contributed by atoms with van der Waals surface area (Å²) in [5, 5.41) is 9.54. The van der Waals surface area contributed by atoms with Crippen LogP contribution in [0.4, 0.5) is 0 Å². The van der Waals surface area contributed by atoms with Crippen molar-refractivity contribution in [3.63, 3.8) is 0 Å². The first-order valence-electron chi connectivity index (χ1n) is 3.84. The summed E-state index contributed by atoms with van der Waals surface area (Å²) in [5.41, 5.74) is 0.452. The molecule has 0 spiro atoms. The molecular formula is C10H9BrClN. The molecule has 0 unspecified atom stereocenters. The van der Waals surface area contributed by atoms with E-state index >= 15 is 0 Å². The van der Waals surface area contributed by atoms with Gasteiger partial charge in [0.15, 0.2) is 0 Å². The van der Waals surface area contributed by atoms with Crippen LogP contribution < -0.4 is 0 Å². The monoisotopic (exact) mass is 257 g/mol. The predicted molar refractivity (Wildman–Crippen MR) is 57.8 cm³/mol. The Hall–Kier alpha value is -0.520. The Kier molecular flexibility index (Phi) is 3.00. The van der Waals surface area contributed by atoms with E-state index in [9.17, 15) is 0 Å². The number of nitrogens with zero attached hydrogens (tertiary/aromatic N) is 1. The molecule has 0 amide bonds. The summed E-state index contributed by atoms with van der Waals surface area (Å²) < 4.78 is 0.853. The maximum Gasteiger partial charge on any atom is 0.0766 e. The highest BCUT2D eigenvalue weighted by Gasteiger charge is 2.20. The first-order valence-corrected chi connectivity index (χ1v) is 5.01. The number of hydrogen-bond acceptors (Lipinski definition) is 1. The van der Waals surface area contributed by atoms with Crippen molar-refractivity contribution >= 4 is 27.5 Å². The van der Waals surface area contributed by atoms with Gasteiger partial charge in [-0.15, -0.1) is 0 Å². The van der Waals surface area contributed by atoms with E-state index < -0.39 is 5.41 Å². The minimum absolute atomic E-state index is 0.482. The van der Waals surface area contributed by atoms with Crippen LogP contribution in [0.3, 0.4) is 0 Å². The van der Waals surface area contributed by atoms with Crippen LogP contribution in [0.25, 0.3) is 0 Å². The molecule has 0 aromatic heterocycles. The van der Waals surface area contributed by atoms with Crippen LogP contribution in [0, 0.1) is 11.3 Å². The van der Waals surface area contributed by atoms with Crippen LogP contribution >= 0.6 is 27.5 Å². The predicted octanol–water partition coefficient (Wildman–Crippen LogP) is 3.90. The Labute approximate surface area is 91.5 Å². The molecule has 0 aliphatic rings. The summed E-state index contributed by atoms with van der Waals surface area (Å²) in [6.07, 6.45) is 0. The van der Waals surface area contributed by atoms with Crippen LogP contribution in [0.15, 0.2) is 22.7 Å². The van der Waals surface area contributed by atoms with Crippen molar-refractivity contribution in [1.82, 2.24) is 0 Å². The average Bonchev–Trinajstić information content (AvgIpc) is 2.09. The molecule has 1 aromatic carbocycles. The van der Waals surface area contributed by atoms with E-state index in [0.717, 1.165) is 10.0 Å². The number of benzene rings is 1. The van der Waals surface area contributed by atoms with Crippen molar-refractivity contribution in [2.45, 2.75) is 19.3 Å². The number of nitriles is 1. The van der Waals surface area contributed by atoms with Crippen molar-refractivity contribution < 1.29 is 0 Å². The maximum absolute atomic E-state index is 8.90. The van der Waals surface area contributed by atoms with E-state index in [1.807, 2.05) is 32.0 Å². The van der Waals surface area contributed by atoms with Crippen LogP contribution in [0.5, 0.6) is 0 Å². The highest BCUT2D eigenvalue weighted by Crippen LogP contribution is 2.29. The Balaban J connectivity index is 3.20. The summed E-state index contributed by atoms with van der Waals surface area (Å²) in [6, 6.07) is 7.80. The molecule has 3 heteroatoms. The lowest BCUT2D eigenvalue weighted by molar-refractivity contribution is 0.687. The molecule has 0 heterocycles. The third-order valence-electron chi connectivity index (χ3n) is 1.92. The SMILES string of the molecule is CC(C)(C#N)c1ccc(Br)c(Cl)c1. The topological polar surface area (TPSA) is 23.8 Å². The van der Waals surface area contributed by atoms with Gasteiger partial charge in [-0.1, -0.05) is 17.7 Å². The quantitative estimate of drug-likeness (QED) is 0.749. The van der Waals surface area contributed by atoms with E-state index in [2.05, 4.69) is 22.0 Å². The van der Waals surface area contributed by atoms with Gasteiger partial charge in [-0.05, 0) is 47.5 Å². The van der Waals surface area contributed by atoms with Crippen molar-refractivity contribution in [1.29, 1.82) is 5.26 Å². The molecule has 0 saturated carbocycles. The fourth-order valence-electron chi connectivity index (χ4n) is 0.949. The van der Waals surface area contributed by atoms with Crippen LogP contribution in [-0.4, -0.2) is 0 Å². The fraction of sp³-hybridized carbons (Fsp3) is 0.300. The van der Waals surface area contributed by atoms with Crippen LogP contribution in [-0.2, 0) is 5.41 Å². The van der Waals surface area contributed by atoms with Gasteiger partial charge < -0.3 is 0 Å². The van der Waals surface area contributed by atoms with E-state index in [4.69, 9.17) is 16.9 Å². The van der Waals surface area contributed by atoms with Gasteiger partial charge in [-0.25, -0.2) is 0 Å². The smallest absolute Gasteiger partial charge is 0.0766 e. The molecule has 0 radical (unpaired) electrons. The minimum Gasteiger partial charge on any atom is -0.197 e. The van der Waals surface area contributed by atoms with Gasteiger partial charge >= 0.3 is 0 Å². The van der Waals surface area contributed by atoms with E-state index in [-0.39, 0.29) is 0 Å². The number of halogens is 2. The lowest BCUT2D eigenvalue weighted by Gasteiger charge is -2.15. The standard InChI is InChI=1S/C10H9BrClN/c1-10(2,6-13)7-3-4-8(11)9(12)5-7/h3-5H,1-2H3. The zero-order valence-electron chi connectivity index (χ0n) is 7.44. The Morgan fingerprint density at radius 2 is 2.08 bits per heavy atom. The van der Waals surface area contributed by atoms with Gasteiger partial charge in [0.2, 0.25) is 0 Å². The molecule has 0 atom stereocenters. The molecule has 0 aliphatic carbocycles. The van der Waals surface area contributed by atoms with Crippen molar-refractivity contribution in [3.8, 4) is 6.07 Å². The fourth-order valence-corrected chi connectivity index (χ4v) is 1.38. The zero-order chi connectivity index (χ0) is 10.1. The van der Waals surface area contributed by atoms with Crippen LogP contribution in [0.2, 0.25) is 5.02 Å². The van der Waals surface area contributed by atoms with Crippen LogP contribution in [0.1, 0.15) is 19.4 Å². The first kappa shape index (κ1) is 10.6. The molecule has 0 aliphatic heterocycles. The first-order chi connectivity index (χ1) is 5.97. The molecule has 0 N–H and O–H groups in total. The third-order valence-corrected chi connectivity index (χ3v) is 3.15. The molecule has 13 heavy (non-hydrogen) atoms. The normalized spacial score (nSPS) is 11.0. The molecular weight excluding hydrogens is 249 g/mol. The van der Waals surface area contributed by atoms with E-state index in [0.29, 0.717) is 5.02 Å². The summed E-state index contributed by atoms with van der Waals surface area (Å²) in [7, 11) is 0. The van der Waals surface area contributed by atoms with Crippen molar-refractivity contribution in [2.75, 3.05) is 0 Å². The Morgan fingerprint density at radius 3 is 2.54 bits per heavy atom. The molecule has 1 rings (SSSR count).